The van der Waals surface area contributed by atoms with E-state index in [0.717, 1.165) is 17.2 Å². The molecule has 0 unspecified atom stereocenters. The fourth-order valence-corrected chi connectivity index (χ4v) is 3.48. The maximum absolute atomic E-state index is 10.7. The highest BCUT2D eigenvalue weighted by Crippen LogP contribution is 2.17. The number of carbonyl (C=O) groups excluding carboxylic acids is 1. The Labute approximate surface area is 148 Å². The van der Waals surface area contributed by atoms with E-state index in [-0.39, 0.29) is 0 Å². The topological polar surface area (TPSA) is 60.2 Å². The van der Waals surface area contributed by atoms with Crippen molar-refractivity contribution in [1.29, 1.82) is 0 Å². The van der Waals surface area contributed by atoms with Crippen molar-refractivity contribution in [2.45, 2.75) is 76.3 Å². The molecule has 0 fully saturated rings. The van der Waals surface area contributed by atoms with Crippen LogP contribution in [0.4, 0.5) is 0 Å². The predicted molar refractivity (Wildman–Crippen MR) is 98.7 cm³/mol. The summed E-state index contributed by atoms with van der Waals surface area (Å²) >= 11 is 1.67. The van der Waals surface area contributed by atoms with Gasteiger partial charge in [-0.05, 0) is 6.42 Å². The van der Waals surface area contributed by atoms with Gasteiger partial charge in [-0.15, -0.1) is 5.10 Å². The van der Waals surface area contributed by atoms with E-state index in [2.05, 4.69) is 22.0 Å². The molecular weight excluding hydrogens is 320 g/mol. The van der Waals surface area contributed by atoms with Crippen molar-refractivity contribution in [3.8, 4) is 0 Å². The van der Waals surface area contributed by atoms with Crippen molar-refractivity contribution in [3.05, 3.63) is 18.0 Å². The third-order valence-electron chi connectivity index (χ3n) is 4.06. The van der Waals surface area contributed by atoms with Gasteiger partial charge >= 0.3 is 0 Å². The Balaban J connectivity index is 1.54. The summed E-state index contributed by atoms with van der Waals surface area (Å²) in [5.74, 6) is 1.58. The highest BCUT2D eigenvalue weighted by atomic mass is 32.2. The van der Waals surface area contributed by atoms with Crippen LogP contribution in [0.25, 0.3) is 5.78 Å². The molecule has 0 spiro atoms. The third-order valence-corrected chi connectivity index (χ3v) is 4.98. The van der Waals surface area contributed by atoms with Gasteiger partial charge in [0.15, 0.2) is 6.29 Å². The summed E-state index contributed by atoms with van der Waals surface area (Å²) in [5, 5.41) is 5.09. The van der Waals surface area contributed by atoms with E-state index in [1.165, 1.54) is 70.4 Å². The van der Waals surface area contributed by atoms with E-state index in [0.29, 0.717) is 11.3 Å². The molecule has 24 heavy (non-hydrogen) atoms. The quantitative estimate of drug-likeness (QED) is 0.291. The molecule has 2 heterocycles. The zero-order valence-electron chi connectivity index (χ0n) is 14.6. The largest absolute Gasteiger partial charge is 0.298 e. The van der Waals surface area contributed by atoms with Gasteiger partial charge < -0.3 is 0 Å². The molecule has 0 N–H and O–H groups in total. The van der Waals surface area contributed by atoms with Gasteiger partial charge in [-0.1, -0.05) is 76.5 Å². The first kappa shape index (κ1) is 18.9. The number of aromatic nitrogens is 4. The minimum absolute atomic E-state index is 0.513. The second-order valence-electron chi connectivity index (χ2n) is 6.17. The monoisotopic (exact) mass is 348 g/mol. The number of thioether (sulfide) groups is 1. The summed E-state index contributed by atoms with van der Waals surface area (Å²) < 4.78 is 1.57. The van der Waals surface area contributed by atoms with Crippen molar-refractivity contribution >= 4 is 23.8 Å². The van der Waals surface area contributed by atoms with E-state index in [9.17, 15) is 4.79 Å². The number of nitrogens with zero attached hydrogens (tertiary/aromatic N) is 4. The van der Waals surface area contributed by atoms with E-state index >= 15 is 0 Å². The second-order valence-corrected chi connectivity index (χ2v) is 7.24. The molecule has 2 rings (SSSR count). The predicted octanol–water partition coefficient (Wildman–Crippen LogP) is 4.95. The molecular formula is C18H28N4OS. The van der Waals surface area contributed by atoms with Crippen LogP contribution >= 0.6 is 11.8 Å². The highest BCUT2D eigenvalue weighted by molar-refractivity contribution is 7.99. The average Bonchev–Trinajstić information content (AvgIpc) is 3.01. The highest BCUT2D eigenvalue weighted by Gasteiger charge is 2.05. The SMILES string of the molecule is CCCCCCCCCCCCSc1nc2ncc(C=O)cn2n1. The van der Waals surface area contributed by atoms with Gasteiger partial charge in [0.1, 0.15) is 0 Å². The van der Waals surface area contributed by atoms with Crippen LogP contribution in [-0.4, -0.2) is 31.6 Å². The molecule has 0 bridgehead atoms. The molecule has 6 heteroatoms. The Morgan fingerprint density at radius 3 is 2.38 bits per heavy atom. The maximum atomic E-state index is 10.7. The van der Waals surface area contributed by atoms with Gasteiger partial charge in [0, 0.05) is 18.1 Å². The van der Waals surface area contributed by atoms with Gasteiger partial charge in [0.25, 0.3) is 5.78 Å². The van der Waals surface area contributed by atoms with E-state index in [1.807, 2.05) is 0 Å². The van der Waals surface area contributed by atoms with E-state index < -0.39 is 0 Å². The molecule has 0 atom stereocenters. The fraction of sp³-hybridized carbons (Fsp3) is 0.667. The first-order valence-corrected chi connectivity index (χ1v) is 10.1. The molecule has 2 aromatic heterocycles. The second kappa shape index (κ2) is 11.2. The van der Waals surface area contributed by atoms with Gasteiger partial charge in [-0.2, -0.15) is 4.98 Å². The molecule has 0 aliphatic rings. The Morgan fingerprint density at radius 2 is 1.71 bits per heavy atom. The Morgan fingerprint density at radius 1 is 1.04 bits per heavy atom. The van der Waals surface area contributed by atoms with Gasteiger partial charge in [-0.3, -0.25) is 4.79 Å². The van der Waals surface area contributed by atoms with Crippen molar-refractivity contribution in [2.24, 2.45) is 0 Å². The third kappa shape index (κ3) is 6.59. The lowest BCUT2D eigenvalue weighted by Crippen LogP contribution is -1.93. The number of carbonyl (C=O) groups is 1. The van der Waals surface area contributed by atoms with Crippen LogP contribution in [0.3, 0.4) is 0 Å². The Kier molecular flexibility index (Phi) is 8.81. The van der Waals surface area contributed by atoms with Crippen LogP contribution in [0, 0.1) is 0 Å². The van der Waals surface area contributed by atoms with Crippen LogP contribution in [-0.2, 0) is 0 Å². The average molecular weight is 349 g/mol. The molecule has 5 nitrogen and oxygen atoms in total. The lowest BCUT2D eigenvalue weighted by atomic mass is 10.1. The summed E-state index contributed by atoms with van der Waals surface area (Å²) in [6.07, 6.45) is 17.4. The molecule has 0 aromatic carbocycles. The molecule has 0 radical (unpaired) electrons. The molecule has 0 amide bonds. The summed E-state index contributed by atoms with van der Waals surface area (Å²) in [6.45, 7) is 2.26. The molecule has 0 aliphatic carbocycles. The summed E-state index contributed by atoms with van der Waals surface area (Å²) in [7, 11) is 0. The van der Waals surface area contributed by atoms with Crippen LogP contribution < -0.4 is 0 Å². The molecule has 132 valence electrons. The summed E-state index contributed by atoms with van der Waals surface area (Å²) in [6, 6.07) is 0. The zero-order valence-corrected chi connectivity index (χ0v) is 15.4. The molecule has 0 aliphatic heterocycles. The molecule has 0 saturated heterocycles. The van der Waals surface area contributed by atoms with Crippen molar-refractivity contribution in [3.63, 3.8) is 0 Å². The number of hydrogen-bond acceptors (Lipinski definition) is 5. The lowest BCUT2D eigenvalue weighted by molar-refractivity contribution is 0.112. The Bertz CT molecular complexity index is 614. The van der Waals surface area contributed by atoms with Gasteiger partial charge in [0.05, 0.1) is 5.56 Å². The van der Waals surface area contributed by atoms with Gasteiger partial charge in [-0.25, -0.2) is 9.50 Å². The maximum Gasteiger partial charge on any atom is 0.253 e. The van der Waals surface area contributed by atoms with Crippen molar-refractivity contribution < 1.29 is 4.79 Å². The Hall–Kier alpha value is -1.43. The number of rotatable bonds is 13. The van der Waals surface area contributed by atoms with Crippen molar-refractivity contribution in [1.82, 2.24) is 19.6 Å². The molecule has 0 saturated carbocycles. The minimum Gasteiger partial charge on any atom is -0.298 e. The first-order chi connectivity index (χ1) is 11.8. The lowest BCUT2D eigenvalue weighted by Gasteiger charge is -2.01. The van der Waals surface area contributed by atoms with Crippen LogP contribution in [0.1, 0.15) is 81.5 Å². The standard InChI is InChI=1S/C18H28N4OS/c1-2-3-4-5-6-7-8-9-10-11-12-24-18-20-17-19-13-16(15-23)14-22(17)21-18/h13-15H,2-12H2,1H3. The van der Waals surface area contributed by atoms with Crippen LogP contribution in [0.2, 0.25) is 0 Å². The smallest absolute Gasteiger partial charge is 0.253 e. The van der Waals surface area contributed by atoms with Crippen molar-refractivity contribution in [2.75, 3.05) is 5.75 Å². The zero-order chi connectivity index (χ0) is 17.0. The molecule has 2 aromatic rings. The number of hydrogen-bond donors (Lipinski definition) is 0. The van der Waals surface area contributed by atoms with E-state index in [4.69, 9.17) is 0 Å². The normalized spacial score (nSPS) is 11.2. The number of unbranched alkanes of at least 4 members (excludes halogenated alkanes) is 9. The minimum atomic E-state index is 0.513. The van der Waals surface area contributed by atoms with Crippen LogP contribution in [0.5, 0.6) is 0 Å². The fourth-order valence-electron chi connectivity index (χ4n) is 2.65. The number of fused-ring (bicyclic) bond motifs is 1. The number of aldehydes is 1. The summed E-state index contributed by atoms with van der Waals surface area (Å²) in [4.78, 5) is 19.2. The van der Waals surface area contributed by atoms with Crippen LogP contribution in [0.15, 0.2) is 17.6 Å². The first-order valence-electron chi connectivity index (χ1n) is 9.14. The van der Waals surface area contributed by atoms with E-state index in [1.54, 1.807) is 22.5 Å². The van der Waals surface area contributed by atoms with Gasteiger partial charge in [0.2, 0.25) is 5.16 Å². The summed E-state index contributed by atoms with van der Waals surface area (Å²) in [5.41, 5.74) is 0.513.